The van der Waals surface area contributed by atoms with Crippen LogP contribution in [0.1, 0.15) is 84.5 Å². The predicted octanol–water partition coefficient (Wildman–Crippen LogP) is 4.61. The second-order valence-corrected chi connectivity index (χ2v) is 5.46. The molecule has 0 spiro atoms. The number of esters is 1. The molecule has 0 heterocycles. The van der Waals surface area contributed by atoms with Gasteiger partial charge in [0.25, 0.3) is 0 Å². The van der Waals surface area contributed by atoms with Gasteiger partial charge in [0.05, 0.1) is 6.10 Å². The smallest absolute Gasteiger partial charge is 0.306 e. The van der Waals surface area contributed by atoms with E-state index in [1.54, 1.807) is 0 Å². The molecule has 0 fully saturated rings. The zero-order chi connectivity index (χ0) is 14.3. The Balaban J connectivity index is 0. The van der Waals surface area contributed by atoms with Gasteiger partial charge < -0.3 is 10.5 Å². The van der Waals surface area contributed by atoms with E-state index < -0.39 is 0 Å². The van der Waals surface area contributed by atoms with Crippen LogP contribution >= 0.6 is 12.4 Å². The van der Waals surface area contributed by atoms with E-state index >= 15 is 0 Å². The van der Waals surface area contributed by atoms with Gasteiger partial charge in [0, 0.05) is 6.42 Å². The third kappa shape index (κ3) is 15.8. The fourth-order valence-corrected chi connectivity index (χ4v) is 2.14. The molecular formula is C16H34ClNO2. The molecule has 0 saturated heterocycles. The molecule has 20 heavy (non-hydrogen) atoms. The van der Waals surface area contributed by atoms with Gasteiger partial charge in [0.1, 0.15) is 0 Å². The summed E-state index contributed by atoms with van der Waals surface area (Å²) in [4.78, 5) is 11.5. The van der Waals surface area contributed by atoms with E-state index in [1.807, 2.05) is 6.92 Å². The average Bonchev–Trinajstić information content (AvgIpc) is 2.39. The molecule has 3 nitrogen and oxygen atoms in total. The van der Waals surface area contributed by atoms with Crippen molar-refractivity contribution in [2.24, 2.45) is 5.73 Å². The molecule has 0 aliphatic heterocycles. The van der Waals surface area contributed by atoms with Crippen molar-refractivity contribution in [2.75, 3.05) is 6.54 Å². The van der Waals surface area contributed by atoms with E-state index in [0.29, 0.717) is 13.0 Å². The van der Waals surface area contributed by atoms with Crippen molar-refractivity contribution >= 4 is 18.4 Å². The van der Waals surface area contributed by atoms with Gasteiger partial charge in [-0.15, -0.1) is 12.4 Å². The van der Waals surface area contributed by atoms with Crippen LogP contribution in [-0.2, 0) is 9.53 Å². The first-order chi connectivity index (χ1) is 9.20. The molecule has 0 aromatic carbocycles. The third-order valence-electron chi connectivity index (χ3n) is 3.38. The van der Waals surface area contributed by atoms with Crippen LogP contribution in [0.2, 0.25) is 0 Å². The lowest BCUT2D eigenvalue weighted by molar-refractivity contribution is -0.148. The van der Waals surface area contributed by atoms with Crippen molar-refractivity contribution in [2.45, 2.75) is 90.6 Å². The summed E-state index contributed by atoms with van der Waals surface area (Å²) >= 11 is 0. The van der Waals surface area contributed by atoms with Gasteiger partial charge in [-0.1, -0.05) is 45.4 Å². The number of hydrogen-bond donors (Lipinski definition) is 1. The molecule has 4 heteroatoms. The highest BCUT2D eigenvalue weighted by molar-refractivity contribution is 5.85. The molecule has 0 radical (unpaired) electrons. The summed E-state index contributed by atoms with van der Waals surface area (Å²) in [6.07, 6.45) is 12.3. The summed E-state index contributed by atoms with van der Waals surface area (Å²) in [5.41, 5.74) is 5.41. The highest BCUT2D eigenvalue weighted by atomic mass is 35.5. The monoisotopic (exact) mass is 307 g/mol. The number of nitrogens with two attached hydrogens (primary N) is 1. The first-order valence-electron chi connectivity index (χ1n) is 8.10. The minimum atomic E-state index is -0.0458. The topological polar surface area (TPSA) is 52.3 Å². The molecule has 0 rings (SSSR count). The van der Waals surface area contributed by atoms with Gasteiger partial charge >= 0.3 is 5.97 Å². The molecule has 2 N–H and O–H groups in total. The average molecular weight is 308 g/mol. The van der Waals surface area contributed by atoms with Crippen LogP contribution in [0.3, 0.4) is 0 Å². The molecule has 122 valence electrons. The lowest BCUT2D eigenvalue weighted by Gasteiger charge is -2.13. The van der Waals surface area contributed by atoms with Crippen LogP contribution in [0.5, 0.6) is 0 Å². The summed E-state index contributed by atoms with van der Waals surface area (Å²) in [6, 6.07) is 0. The van der Waals surface area contributed by atoms with Crippen molar-refractivity contribution < 1.29 is 9.53 Å². The maximum absolute atomic E-state index is 11.5. The maximum Gasteiger partial charge on any atom is 0.306 e. The number of ether oxygens (including phenoxy) is 1. The van der Waals surface area contributed by atoms with Gasteiger partial charge in [0.15, 0.2) is 0 Å². The van der Waals surface area contributed by atoms with Gasteiger partial charge in [-0.2, -0.15) is 0 Å². The minimum Gasteiger partial charge on any atom is -0.463 e. The highest BCUT2D eigenvalue weighted by Crippen LogP contribution is 2.11. The van der Waals surface area contributed by atoms with E-state index in [1.165, 1.54) is 38.5 Å². The fourth-order valence-electron chi connectivity index (χ4n) is 2.14. The maximum atomic E-state index is 11.5. The number of rotatable bonds is 13. The predicted molar refractivity (Wildman–Crippen MR) is 88.3 cm³/mol. The Bertz CT molecular complexity index is 213. The van der Waals surface area contributed by atoms with Crippen LogP contribution < -0.4 is 5.73 Å². The zero-order valence-electron chi connectivity index (χ0n) is 13.4. The van der Waals surface area contributed by atoms with Crippen molar-refractivity contribution in [3.63, 3.8) is 0 Å². The van der Waals surface area contributed by atoms with Crippen LogP contribution in [-0.4, -0.2) is 18.6 Å². The number of carbonyl (C=O) groups is 1. The summed E-state index contributed by atoms with van der Waals surface area (Å²) in [5, 5.41) is 0. The molecule has 0 amide bonds. The van der Waals surface area contributed by atoms with Crippen molar-refractivity contribution in [3.05, 3.63) is 0 Å². The Morgan fingerprint density at radius 2 is 1.60 bits per heavy atom. The molecule has 0 aromatic rings. The quantitative estimate of drug-likeness (QED) is 0.399. The lowest BCUT2D eigenvalue weighted by Crippen LogP contribution is -2.14. The van der Waals surface area contributed by atoms with E-state index in [4.69, 9.17) is 10.5 Å². The van der Waals surface area contributed by atoms with Crippen LogP contribution in [0.25, 0.3) is 0 Å². The molecule has 0 aliphatic rings. The summed E-state index contributed by atoms with van der Waals surface area (Å²) in [5.74, 6) is -0.0458. The van der Waals surface area contributed by atoms with Crippen LogP contribution in [0, 0.1) is 0 Å². The first kappa shape index (κ1) is 22.0. The van der Waals surface area contributed by atoms with Gasteiger partial charge in [-0.05, 0) is 39.2 Å². The second kappa shape index (κ2) is 16.8. The normalized spacial score (nSPS) is 11.8. The van der Waals surface area contributed by atoms with Gasteiger partial charge in [-0.3, -0.25) is 4.79 Å². The molecule has 1 atom stereocenters. The minimum absolute atomic E-state index is 0. The van der Waals surface area contributed by atoms with Crippen LogP contribution in [0.4, 0.5) is 0 Å². The molecular weight excluding hydrogens is 274 g/mol. The molecule has 0 saturated carbocycles. The largest absolute Gasteiger partial charge is 0.463 e. The Kier molecular flexibility index (Phi) is 18.5. The van der Waals surface area contributed by atoms with Crippen molar-refractivity contribution in [3.8, 4) is 0 Å². The Hall–Kier alpha value is -0.280. The number of carbonyl (C=O) groups excluding carboxylic acids is 1. The second-order valence-electron chi connectivity index (χ2n) is 5.46. The first-order valence-corrected chi connectivity index (χ1v) is 8.10. The Labute approximate surface area is 131 Å². The lowest BCUT2D eigenvalue weighted by atomic mass is 10.1. The fraction of sp³-hybridized carbons (Fsp3) is 0.938. The summed E-state index contributed by atoms with van der Waals surface area (Å²) < 4.78 is 5.39. The highest BCUT2D eigenvalue weighted by Gasteiger charge is 2.08. The summed E-state index contributed by atoms with van der Waals surface area (Å²) in [7, 11) is 0. The number of unbranched alkanes of at least 4 members (excludes halogenated alkanes) is 7. The van der Waals surface area contributed by atoms with Crippen molar-refractivity contribution in [1.29, 1.82) is 0 Å². The van der Waals surface area contributed by atoms with E-state index in [0.717, 1.165) is 25.7 Å². The third-order valence-corrected chi connectivity index (χ3v) is 3.38. The van der Waals surface area contributed by atoms with E-state index in [9.17, 15) is 4.79 Å². The zero-order valence-corrected chi connectivity index (χ0v) is 14.2. The Morgan fingerprint density at radius 3 is 2.25 bits per heavy atom. The molecule has 0 bridgehead atoms. The number of halogens is 1. The van der Waals surface area contributed by atoms with Gasteiger partial charge in [-0.25, -0.2) is 0 Å². The van der Waals surface area contributed by atoms with Crippen molar-refractivity contribution in [1.82, 2.24) is 0 Å². The number of hydrogen-bond acceptors (Lipinski definition) is 3. The molecule has 0 aromatic heterocycles. The van der Waals surface area contributed by atoms with E-state index in [-0.39, 0.29) is 24.5 Å². The SMILES string of the molecule is CCCCCCCCC(C)OC(=O)CCCCCN.Cl. The van der Waals surface area contributed by atoms with E-state index in [2.05, 4.69) is 6.92 Å². The van der Waals surface area contributed by atoms with Gasteiger partial charge in [0.2, 0.25) is 0 Å². The standard InChI is InChI=1S/C16H33NO2.ClH/c1-3-4-5-6-7-9-12-15(2)19-16(18)13-10-8-11-14-17;/h15H,3-14,17H2,1-2H3;1H. The Morgan fingerprint density at radius 1 is 1.00 bits per heavy atom. The summed E-state index contributed by atoms with van der Waals surface area (Å²) in [6.45, 7) is 4.95. The van der Waals surface area contributed by atoms with Crippen LogP contribution in [0.15, 0.2) is 0 Å². The molecule has 0 aliphatic carbocycles. The molecule has 1 unspecified atom stereocenters.